The van der Waals surface area contributed by atoms with E-state index in [-0.39, 0.29) is 42.9 Å². The zero-order chi connectivity index (χ0) is 24.1. The quantitative estimate of drug-likeness (QED) is 0.389. The highest BCUT2D eigenvalue weighted by Crippen LogP contribution is 2.18. The minimum atomic E-state index is -3.86. The molecule has 2 aromatic carbocycles. The predicted molar refractivity (Wildman–Crippen MR) is 120 cm³/mol. The van der Waals surface area contributed by atoms with Gasteiger partial charge in [0.05, 0.1) is 4.90 Å². The molecule has 0 bridgehead atoms. The monoisotopic (exact) mass is 495 g/mol. The average molecular weight is 496 g/mol. The third-order valence-corrected chi connectivity index (χ3v) is 7.68. The van der Waals surface area contributed by atoms with Crippen LogP contribution in [0.5, 0.6) is 0 Å². The van der Waals surface area contributed by atoms with Crippen LogP contribution < -0.4 is 20.7 Å². The Morgan fingerprint density at radius 2 is 1.61 bits per heavy atom. The van der Waals surface area contributed by atoms with Crippen LogP contribution in [0.4, 0.5) is 0 Å². The van der Waals surface area contributed by atoms with E-state index in [0.29, 0.717) is 0 Å². The summed E-state index contributed by atoms with van der Waals surface area (Å²) < 4.78 is 51.4. The minimum Gasteiger partial charge on any atom is -0.273 e. The molecule has 0 aromatic heterocycles. The van der Waals surface area contributed by atoms with Crippen molar-refractivity contribution in [2.75, 3.05) is 13.1 Å². The maximum Gasteiger partial charge on any atom is 0.276 e. The van der Waals surface area contributed by atoms with Gasteiger partial charge in [-0.15, -0.1) is 0 Å². The van der Waals surface area contributed by atoms with Crippen LogP contribution >= 0.6 is 0 Å². The van der Waals surface area contributed by atoms with Crippen LogP contribution in [0.15, 0.2) is 59.5 Å². The number of benzene rings is 2. The van der Waals surface area contributed by atoms with Crippen molar-refractivity contribution in [1.29, 1.82) is 0 Å². The fourth-order valence-corrected chi connectivity index (χ4v) is 5.11. The first-order valence-electron chi connectivity index (χ1n) is 10.1. The first kappa shape index (κ1) is 24.8. The zero-order valence-corrected chi connectivity index (χ0v) is 19.2. The fraction of sp³-hybridized carbons (Fsp3) is 0.300. The first-order valence-corrected chi connectivity index (χ1v) is 13.1. The summed E-state index contributed by atoms with van der Waals surface area (Å²) in [6.07, 6.45) is 0.526. The normalized spacial score (nSPS) is 15.7. The van der Waals surface area contributed by atoms with Gasteiger partial charge >= 0.3 is 0 Å². The number of nitrogens with zero attached hydrogens (tertiary/aromatic N) is 1. The van der Waals surface area contributed by atoms with E-state index in [1.807, 2.05) is 6.07 Å². The lowest BCUT2D eigenvalue weighted by Gasteiger charge is -2.28. The Labute approximate surface area is 192 Å². The zero-order valence-electron chi connectivity index (χ0n) is 17.6. The van der Waals surface area contributed by atoms with Crippen LogP contribution in [0, 0.1) is 5.92 Å². The predicted octanol–water partition coefficient (Wildman–Crippen LogP) is -0.158. The molecular formula is C20H25N5O6S2. The third kappa shape index (κ3) is 6.82. The lowest BCUT2D eigenvalue weighted by molar-refractivity contribution is -0.126. The number of carbonyl (C=O) groups excluding carboxylic acids is 2. The number of carbonyl (C=O) groups is 2. The highest BCUT2D eigenvalue weighted by atomic mass is 32.2. The van der Waals surface area contributed by atoms with Gasteiger partial charge in [-0.3, -0.25) is 20.4 Å². The molecule has 178 valence electrons. The van der Waals surface area contributed by atoms with E-state index in [9.17, 15) is 26.4 Å². The second kappa shape index (κ2) is 10.4. The summed E-state index contributed by atoms with van der Waals surface area (Å²) in [4.78, 5) is 24.6. The first-order chi connectivity index (χ1) is 15.6. The summed E-state index contributed by atoms with van der Waals surface area (Å²) >= 11 is 0. The van der Waals surface area contributed by atoms with Crippen molar-refractivity contribution in [2.24, 2.45) is 11.1 Å². The van der Waals surface area contributed by atoms with Crippen molar-refractivity contribution in [3.8, 4) is 0 Å². The van der Waals surface area contributed by atoms with Gasteiger partial charge in [-0.2, -0.15) is 12.7 Å². The number of hydrazine groups is 1. The molecule has 11 nitrogen and oxygen atoms in total. The molecule has 13 heteroatoms. The highest BCUT2D eigenvalue weighted by molar-refractivity contribution is 7.89. The second-order valence-electron chi connectivity index (χ2n) is 7.50. The lowest BCUT2D eigenvalue weighted by atomic mass is 9.98. The van der Waals surface area contributed by atoms with Gasteiger partial charge in [0.25, 0.3) is 16.1 Å². The van der Waals surface area contributed by atoms with E-state index in [0.717, 1.165) is 9.87 Å². The summed E-state index contributed by atoms with van der Waals surface area (Å²) in [6.45, 7) is 0.321. The molecule has 1 heterocycles. The molecule has 0 atom stereocenters. The Balaban J connectivity index is 1.55. The fourth-order valence-electron chi connectivity index (χ4n) is 3.33. The summed E-state index contributed by atoms with van der Waals surface area (Å²) in [6, 6.07) is 14.4. The molecule has 0 radical (unpaired) electrons. The molecule has 3 rings (SSSR count). The Morgan fingerprint density at radius 3 is 2.24 bits per heavy atom. The molecule has 0 aliphatic carbocycles. The van der Waals surface area contributed by atoms with Gasteiger partial charge in [0.2, 0.25) is 15.9 Å². The number of rotatable bonds is 7. The summed E-state index contributed by atoms with van der Waals surface area (Å²) in [5, 5.41) is 5.08. The molecule has 0 unspecified atom stereocenters. The standard InChI is InChI=1S/C20H25N5O6S2/c21-33(30,31)25-11-9-16(10-12-25)19(26)23-24-20(27)17-7-4-8-18(13-17)32(28,29)22-14-15-5-2-1-3-6-15/h1-8,13,16,22H,9-12,14H2,(H,23,26)(H,24,27)(H2,21,30,31). The number of amides is 2. The lowest BCUT2D eigenvalue weighted by Crippen LogP contribution is -2.49. The molecule has 0 spiro atoms. The smallest absolute Gasteiger partial charge is 0.273 e. The number of hydrogen-bond donors (Lipinski definition) is 4. The largest absolute Gasteiger partial charge is 0.276 e. The Hall–Kier alpha value is -2.84. The number of nitrogens with two attached hydrogens (primary N) is 1. The molecule has 0 saturated carbocycles. The Morgan fingerprint density at radius 1 is 0.939 bits per heavy atom. The summed E-state index contributed by atoms with van der Waals surface area (Å²) in [5.41, 5.74) is 5.40. The van der Waals surface area contributed by atoms with Gasteiger partial charge in [-0.25, -0.2) is 18.3 Å². The van der Waals surface area contributed by atoms with Gasteiger partial charge in [-0.1, -0.05) is 36.4 Å². The van der Waals surface area contributed by atoms with Crippen molar-refractivity contribution < 1.29 is 26.4 Å². The van der Waals surface area contributed by atoms with E-state index in [2.05, 4.69) is 15.6 Å². The maximum absolute atomic E-state index is 12.6. The van der Waals surface area contributed by atoms with Crippen molar-refractivity contribution in [1.82, 2.24) is 19.9 Å². The Kier molecular flexibility index (Phi) is 7.81. The second-order valence-corrected chi connectivity index (χ2v) is 10.8. The van der Waals surface area contributed by atoms with Crippen molar-refractivity contribution >= 4 is 32.0 Å². The molecule has 2 amide bonds. The van der Waals surface area contributed by atoms with Gasteiger partial charge in [0, 0.05) is 31.1 Å². The van der Waals surface area contributed by atoms with Gasteiger partial charge in [0.1, 0.15) is 0 Å². The van der Waals surface area contributed by atoms with E-state index in [4.69, 9.17) is 5.14 Å². The van der Waals surface area contributed by atoms with Crippen molar-refractivity contribution in [2.45, 2.75) is 24.3 Å². The average Bonchev–Trinajstić information content (AvgIpc) is 2.81. The maximum atomic E-state index is 12.6. The molecule has 5 N–H and O–H groups in total. The van der Waals surface area contributed by atoms with E-state index < -0.39 is 38.0 Å². The SMILES string of the molecule is NS(=O)(=O)N1CCC(C(=O)NNC(=O)c2cccc(S(=O)(=O)NCc3ccccc3)c2)CC1. The van der Waals surface area contributed by atoms with Crippen molar-refractivity contribution in [3.63, 3.8) is 0 Å². The molecule has 33 heavy (non-hydrogen) atoms. The molecule has 1 fully saturated rings. The van der Waals surface area contributed by atoms with Crippen LogP contribution in [0.1, 0.15) is 28.8 Å². The molecule has 1 aliphatic heterocycles. The van der Waals surface area contributed by atoms with Gasteiger partial charge in [0.15, 0.2) is 0 Å². The minimum absolute atomic E-state index is 0.0435. The number of sulfonamides is 1. The van der Waals surface area contributed by atoms with E-state index in [1.165, 1.54) is 24.3 Å². The molecule has 1 aliphatic rings. The number of nitrogens with one attached hydrogen (secondary N) is 3. The topological polar surface area (TPSA) is 168 Å². The molecular weight excluding hydrogens is 470 g/mol. The van der Waals surface area contributed by atoms with Crippen LogP contribution in [-0.4, -0.2) is 46.0 Å². The molecule has 1 saturated heterocycles. The van der Waals surface area contributed by atoms with Gasteiger partial charge in [-0.05, 0) is 36.6 Å². The van der Waals surface area contributed by atoms with Crippen molar-refractivity contribution in [3.05, 3.63) is 65.7 Å². The number of piperidine rings is 1. The van der Waals surface area contributed by atoms with Crippen LogP contribution in [0.25, 0.3) is 0 Å². The van der Waals surface area contributed by atoms with Gasteiger partial charge < -0.3 is 0 Å². The third-order valence-electron chi connectivity index (χ3n) is 5.20. The summed E-state index contributed by atoms with van der Waals surface area (Å²) in [7, 11) is -7.66. The van der Waals surface area contributed by atoms with E-state index in [1.54, 1.807) is 24.3 Å². The van der Waals surface area contributed by atoms with Crippen LogP contribution in [-0.2, 0) is 31.6 Å². The Bertz CT molecular complexity index is 1210. The molecule has 2 aromatic rings. The summed E-state index contributed by atoms with van der Waals surface area (Å²) in [5.74, 6) is -1.65. The number of hydrogen-bond acceptors (Lipinski definition) is 6. The van der Waals surface area contributed by atoms with Crippen LogP contribution in [0.2, 0.25) is 0 Å². The van der Waals surface area contributed by atoms with E-state index >= 15 is 0 Å². The van der Waals surface area contributed by atoms with Crippen LogP contribution in [0.3, 0.4) is 0 Å². The highest BCUT2D eigenvalue weighted by Gasteiger charge is 2.29.